The van der Waals surface area contributed by atoms with Crippen LogP contribution in [-0.2, 0) is 6.54 Å². The summed E-state index contributed by atoms with van der Waals surface area (Å²) in [5.41, 5.74) is 1.15. The Labute approximate surface area is 108 Å². The average Bonchev–Trinajstić information content (AvgIpc) is 2.42. The third kappa shape index (κ3) is 4.91. The highest BCUT2D eigenvalue weighted by atomic mass is 16.5. The van der Waals surface area contributed by atoms with Crippen LogP contribution in [0.1, 0.15) is 5.56 Å². The molecule has 0 fully saturated rings. The Balaban J connectivity index is 2.34. The first-order chi connectivity index (χ1) is 8.81. The SMILES string of the molecule is COc1ccc(CNCCNCCO)cc1OC. The lowest BCUT2D eigenvalue weighted by molar-refractivity contribution is 0.292. The lowest BCUT2D eigenvalue weighted by Gasteiger charge is -2.10. The summed E-state index contributed by atoms with van der Waals surface area (Å²) in [7, 11) is 3.26. The summed E-state index contributed by atoms with van der Waals surface area (Å²) in [5.74, 6) is 1.49. The lowest BCUT2D eigenvalue weighted by Crippen LogP contribution is -2.28. The van der Waals surface area contributed by atoms with Gasteiger partial charge in [0.2, 0.25) is 0 Å². The lowest BCUT2D eigenvalue weighted by atomic mass is 10.2. The van der Waals surface area contributed by atoms with Crippen molar-refractivity contribution in [2.24, 2.45) is 0 Å². The Hall–Kier alpha value is -1.30. The molecule has 1 aromatic rings. The minimum Gasteiger partial charge on any atom is -0.493 e. The number of aliphatic hydroxyl groups is 1. The van der Waals surface area contributed by atoms with E-state index >= 15 is 0 Å². The molecule has 0 atom stereocenters. The van der Waals surface area contributed by atoms with E-state index in [-0.39, 0.29) is 6.61 Å². The Morgan fingerprint density at radius 3 is 2.39 bits per heavy atom. The zero-order chi connectivity index (χ0) is 13.2. The normalized spacial score (nSPS) is 10.4. The second kappa shape index (κ2) is 8.74. The smallest absolute Gasteiger partial charge is 0.161 e. The second-order valence-corrected chi connectivity index (χ2v) is 3.84. The van der Waals surface area contributed by atoms with Gasteiger partial charge >= 0.3 is 0 Å². The van der Waals surface area contributed by atoms with Crippen molar-refractivity contribution >= 4 is 0 Å². The number of benzene rings is 1. The fourth-order valence-corrected chi connectivity index (χ4v) is 1.60. The van der Waals surface area contributed by atoms with Crippen LogP contribution in [0.2, 0.25) is 0 Å². The molecule has 5 heteroatoms. The molecule has 5 nitrogen and oxygen atoms in total. The van der Waals surface area contributed by atoms with Gasteiger partial charge in [-0.25, -0.2) is 0 Å². The van der Waals surface area contributed by atoms with Gasteiger partial charge in [0.1, 0.15) is 0 Å². The quantitative estimate of drug-likeness (QED) is 0.556. The maximum absolute atomic E-state index is 8.60. The van der Waals surface area contributed by atoms with Crippen LogP contribution >= 0.6 is 0 Å². The highest BCUT2D eigenvalue weighted by molar-refractivity contribution is 5.42. The van der Waals surface area contributed by atoms with Crippen LogP contribution in [0.3, 0.4) is 0 Å². The van der Waals surface area contributed by atoms with Gasteiger partial charge in [0.25, 0.3) is 0 Å². The van der Waals surface area contributed by atoms with Crippen molar-refractivity contribution in [3.63, 3.8) is 0 Å². The molecule has 0 unspecified atom stereocenters. The first kappa shape index (κ1) is 14.8. The zero-order valence-electron chi connectivity index (χ0n) is 11.0. The Bertz CT molecular complexity index is 345. The van der Waals surface area contributed by atoms with E-state index in [1.165, 1.54) is 0 Å². The molecule has 3 N–H and O–H groups in total. The number of nitrogens with one attached hydrogen (secondary N) is 2. The Kier molecular flexibility index (Phi) is 7.17. The van der Waals surface area contributed by atoms with Crippen molar-refractivity contribution in [2.45, 2.75) is 6.54 Å². The zero-order valence-corrected chi connectivity index (χ0v) is 11.0. The van der Waals surface area contributed by atoms with E-state index < -0.39 is 0 Å². The van der Waals surface area contributed by atoms with Gasteiger partial charge in [-0.05, 0) is 17.7 Å². The Morgan fingerprint density at radius 2 is 1.72 bits per heavy atom. The van der Waals surface area contributed by atoms with Crippen molar-refractivity contribution in [2.75, 3.05) is 40.5 Å². The van der Waals surface area contributed by atoms with E-state index in [1.807, 2.05) is 18.2 Å². The van der Waals surface area contributed by atoms with Crippen LogP contribution in [0.4, 0.5) is 0 Å². The van der Waals surface area contributed by atoms with Gasteiger partial charge in [-0.15, -0.1) is 0 Å². The first-order valence-electron chi connectivity index (χ1n) is 6.05. The second-order valence-electron chi connectivity index (χ2n) is 3.84. The summed E-state index contributed by atoms with van der Waals surface area (Å²) in [6.45, 7) is 3.29. The van der Waals surface area contributed by atoms with Crippen LogP contribution in [-0.4, -0.2) is 45.6 Å². The first-order valence-corrected chi connectivity index (χ1v) is 6.05. The molecular weight excluding hydrogens is 232 g/mol. The largest absolute Gasteiger partial charge is 0.493 e. The van der Waals surface area contributed by atoms with E-state index in [4.69, 9.17) is 14.6 Å². The molecule has 102 valence electrons. The fraction of sp³-hybridized carbons (Fsp3) is 0.538. The van der Waals surface area contributed by atoms with E-state index in [2.05, 4.69) is 10.6 Å². The number of hydrogen-bond donors (Lipinski definition) is 3. The summed E-state index contributed by atoms with van der Waals surface area (Å²) >= 11 is 0. The molecule has 0 aliphatic rings. The van der Waals surface area contributed by atoms with Gasteiger partial charge in [0.15, 0.2) is 11.5 Å². The van der Waals surface area contributed by atoms with Crippen LogP contribution in [0.5, 0.6) is 11.5 Å². The molecule has 0 radical (unpaired) electrons. The number of aliphatic hydroxyl groups excluding tert-OH is 1. The molecule has 0 heterocycles. The molecule has 0 spiro atoms. The van der Waals surface area contributed by atoms with Crippen molar-refractivity contribution in [1.29, 1.82) is 0 Å². The molecule has 0 amide bonds. The van der Waals surface area contributed by atoms with Gasteiger partial charge in [-0.3, -0.25) is 0 Å². The van der Waals surface area contributed by atoms with Gasteiger partial charge < -0.3 is 25.2 Å². The molecule has 0 bridgehead atoms. The highest BCUT2D eigenvalue weighted by Crippen LogP contribution is 2.27. The van der Waals surface area contributed by atoms with Crippen molar-refractivity contribution < 1.29 is 14.6 Å². The molecule has 1 rings (SSSR count). The van der Waals surface area contributed by atoms with Crippen LogP contribution in [0.25, 0.3) is 0 Å². The maximum atomic E-state index is 8.60. The van der Waals surface area contributed by atoms with Crippen LogP contribution in [0, 0.1) is 0 Å². The summed E-state index contributed by atoms with van der Waals surface area (Å²) < 4.78 is 10.4. The molecule has 0 aromatic heterocycles. The van der Waals surface area contributed by atoms with Crippen LogP contribution < -0.4 is 20.1 Å². The van der Waals surface area contributed by atoms with Gasteiger partial charge in [0.05, 0.1) is 20.8 Å². The molecule has 1 aromatic carbocycles. The van der Waals surface area contributed by atoms with Gasteiger partial charge in [0, 0.05) is 26.2 Å². The predicted octanol–water partition coefficient (Wildman–Crippen LogP) is 0.375. The molecule has 0 aliphatic carbocycles. The molecular formula is C13H22N2O3. The van der Waals surface area contributed by atoms with E-state index in [9.17, 15) is 0 Å². The number of rotatable bonds is 9. The highest BCUT2D eigenvalue weighted by Gasteiger charge is 2.03. The monoisotopic (exact) mass is 254 g/mol. The summed E-state index contributed by atoms with van der Waals surface area (Å²) in [5, 5.41) is 15.0. The summed E-state index contributed by atoms with van der Waals surface area (Å²) in [6.07, 6.45) is 0. The van der Waals surface area contributed by atoms with E-state index in [1.54, 1.807) is 14.2 Å². The summed E-state index contributed by atoms with van der Waals surface area (Å²) in [6, 6.07) is 5.88. The third-order valence-electron chi connectivity index (χ3n) is 2.54. The predicted molar refractivity (Wildman–Crippen MR) is 71.2 cm³/mol. The number of ether oxygens (including phenoxy) is 2. The number of methoxy groups -OCH3 is 2. The minimum absolute atomic E-state index is 0.176. The summed E-state index contributed by atoms with van der Waals surface area (Å²) in [4.78, 5) is 0. The average molecular weight is 254 g/mol. The third-order valence-corrected chi connectivity index (χ3v) is 2.54. The van der Waals surface area contributed by atoms with Crippen LogP contribution in [0.15, 0.2) is 18.2 Å². The van der Waals surface area contributed by atoms with Crippen molar-refractivity contribution in [3.05, 3.63) is 23.8 Å². The molecule has 0 aliphatic heterocycles. The van der Waals surface area contributed by atoms with Crippen molar-refractivity contribution in [3.8, 4) is 11.5 Å². The molecule has 0 saturated carbocycles. The van der Waals surface area contributed by atoms with Crippen molar-refractivity contribution in [1.82, 2.24) is 10.6 Å². The topological polar surface area (TPSA) is 62.8 Å². The standard InChI is InChI=1S/C13H22N2O3/c1-17-12-4-3-11(9-13(12)18-2)10-15-6-5-14-7-8-16/h3-4,9,14-16H,5-8,10H2,1-2H3. The number of hydrogen-bond acceptors (Lipinski definition) is 5. The fourth-order valence-electron chi connectivity index (χ4n) is 1.60. The van der Waals surface area contributed by atoms with E-state index in [0.29, 0.717) is 6.54 Å². The minimum atomic E-state index is 0.176. The molecule has 0 saturated heterocycles. The van der Waals surface area contributed by atoms with E-state index in [0.717, 1.165) is 36.7 Å². The Morgan fingerprint density at radius 1 is 1.00 bits per heavy atom. The van der Waals surface area contributed by atoms with Gasteiger partial charge in [-0.2, -0.15) is 0 Å². The van der Waals surface area contributed by atoms with Gasteiger partial charge in [-0.1, -0.05) is 6.07 Å². The maximum Gasteiger partial charge on any atom is 0.161 e. The molecule has 18 heavy (non-hydrogen) atoms.